The van der Waals surface area contributed by atoms with Crippen LogP contribution in [0.5, 0.6) is 5.75 Å². The number of nitro groups is 1. The number of carbonyl (C=O) groups excluding carboxylic acids is 1. The predicted octanol–water partition coefficient (Wildman–Crippen LogP) is 4.10. The minimum absolute atomic E-state index is 0.0502. The molecule has 3 aromatic rings. The van der Waals surface area contributed by atoms with Gasteiger partial charge in [-0.3, -0.25) is 19.8 Å². The van der Waals surface area contributed by atoms with Crippen molar-refractivity contribution in [3.8, 4) is 5.75 Å². The Labute approximate surface area is 153 Å². The number of anilines is 2. The molecule has 0 spiro atoms. The second kappa shape index (κ2) is 7.75. The summed E-state index contributed by atoms with van der Waals surface area (Å²) in [4.78, 5) is 29.2. The average molecular weight is 369 g/mol. The van der Waals surface area contributed by atoms with E-state index in [-0.39, 0.29) is 24.0 Å². The molecule has 3 rings (SSSR count). The summed E-state index contributed by atoms with van der Waals surface area (Å²) in [5.74, 6) is -0.321. The van der Waals surface area contributed by atoms with Crippen molar-refractivity contribution in [2.45, 2.75) is 6.92 Å². The second-order valence-corrected chi connectivity index (χ2v) is 6.19. The summed E-state index contributed by atoms with van der Waals surface area (Å²) >= 11 is 1.34. The molecule has 1 aromatic heterocycles. The fourth-order valence-electron chi connectivity index (χ4n) is 2.32. The first-order valence-corrected chi connectivity index (χ1v) is 8.60. The van der Waals surface area contributed by atoms with Gasteiger partial charge in [-0.25, -0.2) is 4.98 Å². The Hall–Kier alpha value is -3.26. The van der Waals surface area contributed by atoms with Gasteiger partial charge in [-0.15, -0.1) is 11.3 Å². The number of carbonyl (C=O) groups is 1. The zero-order valence-electron chi connectivity index (χ0n) is 13.9. The molecule has 0 saturated heterocycles. The number of nitro benzene ring substituents is 1. The molecule has 2 aromatic carbocycles. The van der Waals surface area contributed by atoms with E-state index in [1.165, 1.54) is 28.4 Å². The van der Waals surface area contributed by atoms with Gasteiger partial charge in [-0.2, -0.15) is 0 Å². The summed E-state index contributed by atoms with van der Waals surface area (Å²) in [6, 6.07) is 15.0. The van der Waals surface area contributed by atoms with E-state index in [1.54, 1.807) is 24.3 Å². The third-order valence-corrected chi connectivity index (χ3v) is 4.42. The van der Waals surface area contributed by atoms with Crippen LogP contribution in [0, 0.1) is 17.0 Å². The standard InChI is InChI=1S/C18H15N3O4S/c1-13-12-26-18(19-13)20(14-7-3-2-4-8-14)17(22)11-25-16-10-6-5-9-15(16)21(23)24/h2-10,12H,11H2,1H3. The molecule has 26 heavy (non-hydrogen) atoms. The van der Waals surface area contributed by atoms with E-state index in [2.05, 4.69) is 4.98 Å². The summed E-state index contributed by atoms with van der Waals surface area (Å²) in [5, 5.41) is 13.4. The van der Waals surface area contributed by atoms with Crippen molar-refractivity contribution in [3.63, 3.8) is 0 Å². The monoisotopic (exact) mass is 369 g/mol. The molecule has 0 radical (unpaired) electrons. The zero-order chi connectivity index (χ0) is 18.5. The van der Waals surface area contributed by atoms with E-state index in [1.807, 2.05) is 30.5 Å². The van der Waals surface area contributed by atoms with Crippen LogP contribution in [0.3, 0.4) is 0 Å². The van der Waals surface area contributed by atoms with Crippen molar-refractivity contribution < 1.29 is 14.5 Å². The lowest BCUT2D eigenvalue weighted by Gasteiger charge is -2.20. The molecule has 7 nitrogen and oxygen atoms in total. The maximum atomic E-state index is 12.8. The second-order valence-electron chi connectivity index (χ2n) is 5.35. The summed E-state index contributed by atoms with van der Waals surface area (Å²) in [7, 11) is 0. The maximum Gasteiger partial charge on any atom is 0.310 e. The average Bonchev–Trinajstić information content (AvgIpc) is 3.07. The SMILES string of the molecule is Cc1csc(N(C(=O)COc2ccccc2[N+](=O)[O-])c2ccccc2)n1. The highest BCUT2D eigenvalue weighted by Gasteiger charge is 2.23. The number of nitrogens with zero attached hydrogens (tertiary/aromatic N) is 3. The normalized spacial score (nSPS) is 10.3. The van der Waals surface area contributed by atoms with Crippen LogP contribution in [0.15, 0.2) is 60.0 Å². The molecule has 1 amide bonds. The van der Waals surface area contributed by atoms with Crippen molar-refractivity contribution >= 4 is 33.8 Å². The molecule has 132 valence electrons. The number of aryl methyl sites for hydroxylation is 1. The topological polar surface area (TPSA) is 85.6 Å². The quantitative estimate of drug-likeness (QED) is 0.482. The number of hydrogen-bond acceptors (Lipinski definition) is 6. The summed E-state index contributed by atoms with van der Waals surface area (Å²) < 4.78 is 5.43. The lowest BCUT2D eigenvalue weighted by molar-refractivity contribution is -0.385. The number of amides is 1. The van der Waals surface area contributed by atoms with Crippen molar-refractivity contribution in [2.24, 2.45) is 0 Å². The van der Waals surface area contributed by atoms with Gasteiger partial charge in [0.05, 0.1) is 16.3 Å². The van der Waals surface area contributed by atoms with Gasteiger partial charge < -0.3 is 4.74 Å². The van der Waals surface area contributed by atoms with Crippen LogP contribution in [0.25, 0.3) is 0 Å². The van der Waals surface area contributed by atoms with Gasteiger partial charge in [0.25, 0.3) is 5.91 Å². The Morgan fingerprint density at radius 3 is 2.54 bits per heavy atom. The number of thiazole rings is 1. The van der Waals surface area contributed by atoms with Crippen LogP contribution in [-0.2, 0) is 4.79 Å². The van der Waals surface area contributed by atoms with Gasteiger partial charge in [-0.1, -0.05) is 30.3 Å². The maximum absolute atomic E-state index is 12.8. The first kappa shape index (κ1) is 17.6. The van der Waals surface area contributed by atoms with Gasteiger partial charge in [-0.05, 0) is 25.1 Å². The number of rotatable bonds is 6. The van der Waals surface area contributed by atoms with Crippen LogP contribution < -0.4 is 9.64 Å². The lowest BCUT2D eigenvalue weighted by atomic mass is 10.3. The number of hydrogen-bond donors (Lipinski definition) is 0. The Morgan fingerprint density at radius 2 is 1.88 bits per heavy atom. The Morgan fingerprint density at radius 1 is 1.19 bits per heavy atom. The van der Waals surface area contributed by atoms with Crippen LogP contribution in [-0.4, -0.2) is 22.4 Å². The van der Waals surface area contributed by atoms with Crippen molar-refractivity contribution in [3.05, 3.63) is 75.8 Å². The van der Waals surface area contributed by atoms with E-state index in [0.717, 1.165) is 5.69 Å². The van der Waals surface area contributed by atoms with Crippen LogP contribution in [0.1, 0.15) is 5.69 Å². The van der Waals surface area contributed by atoms with Crippen molar-refractivity contribution in [1.82, 2.24) is 4.98 Å². The Balaban J connectivity index is 1.84. The van der Waals surface area contributed by atoms with Gasteiger partial charge in [0, 0.05) is 11.4 Å². The molecule has 0 atom stereocenters. The molecule has 0 N–H and O–H groups in total. The minimum atomic E-state index is -0.543. The predicted molar refractivity (Wildman–Crippen MR) is 99.0 cm³/mol. The first-order valence-electron chi connectivity index (χ1n) is 7.72. The highest BCUT2D eigenvalue weighted by molar-refractivity contribution is 7.14. The van der Waals surface area contributed by atoms with E-state index in [0.29, 0.717) is 10.8 Å². The van der Waals surface area contributed by atoms with Gasteiger partial charge >= 0.3 is 5.69 Å². The molecule has 0 bridgehead atoms. The van der Waals surface area contributed by atoms with E-state index in [9.17, 15) is 14.9 Å². The van der Waals surface area contributed by atoms with E-state index < -0.39 is 4.92 Å². The van der Waals surface area contributed by atoms with Crippen molar-refractivity contribution in [2.75, 3.05) is 11.5 Å². The Bertz CT molecular complexity index is 927. The number of benzene rings is 2. The first-order chi connectivity index (χ1) is 12.6. The highest BCUT2D eigenvalue weighted by atomic mass is 32.1. The smallest absolute Gasteiger partial charge is 0.310 e. The fourth-order valence-corrected chi connectivity index (χ4v) is 3.15. The number of aromatic nitrogens is 1. The van der Waals surface area contributed by atoms with Crippen LogP contribution in [0.4, 0.5) is 16.5 Å². The molecular weight excluding hydrogens is 354 g/mol. The summed E-state index contributed by atoms with van der Waals surface area (Å²) in [5.41, 5.74) is 1.27. The Kier molecular flexibility index (Phi) is 5.23. The third-order valence-electron chi connectivity index (χ3n) is 3.48. The van der Waals surface area contributed by atoms with Crippen LogP contribution >= 0.6 is 11.3 Å². The van der Waals surface area contributed by atoms with Gasteiger partial charge in [0.1, 0.15) is 0 Å². The fraction of sp³-hybridized carbons (Fsp3) is 0.111. The number of para-hydroxylation sites is 3. The molecule has 0 aliphatic heterocycles. The zero-order valence-corrected chi connectivity index (χ0v) is 14.7. The molecule has 0 unspecified atom stereocenters. The van der Waals surface area contributed by atoms with Crippen molar-refractivity contribution in [1.29, 1.82) is 0 Å². The summed E-state index contributed by atoms with van der Waals surface area (Å²) in [6.45, 7) is 1.50. The van der Waals surface area contributed by atoms with Gasteiger partial charge in [0.15, 0.2) is 17.5 Å². The van der Waals surface area contributed by atoms with Gasteiger partial charge in [0.2, 0.25) is 0 Å². The number of ether oxygens (including phenoxy) is 1. The van der Waals surface area contributed by atoms with E-state index in [4.69, 9.17) is 4.74 Å². The third kappa shape index (κ3) is 3.86. The molecule has 8 heteroatoms. The van der Waals surface area contributed by atoms with E-state index >= 15 is 0 Å². The molecule has 0 saturated carbocycles. The molecule has 0 aliphatic carbocycles. The lowest BCUT2D eigenvalue weighted by Crippen LogP contribution is -2.31. The molecule has 0 fully saturated rings. The summed E-state index contributed by atoms with van der Waals surface area (Å²) in [6.07, 6.45) is 0. The highest BCUT2D eigenvalue weighted by Crippen LogP contribution is 2.30. The molecule has 0 aliphatic rings. The minimum Gasteiger partial charge on any atom is -0.477 e. The van der Waals surface area contributed by atoms with Crippen LogP contribution in [0.2, 0.25) is 0 Å². The molecule has 1 heterocycles. The largest absolute Gasteiger partial charge is 0.477 e. The molecular formula is C18H15N3O4S.